The number of benzene rings is 3. The third kappa shape index (κ3) is 4.65. The van der Waals surface area contributed by atoms with Gasteiger partial charge in [0.1, 0.15) is 5.82 Å². The average molecular weight is 438 g/mol. The Morgan fingerprint density at radius 2 is 1.61 bits per heavy atom. The van der Waals surface area contributed by atoms with Crippen molar-refractivity contribution in [1.29, 1.82) is 0 Å². The molecule has 1 saturated heterocycles. The third-order valence-electron chi connectivity index (χ3n) is 6.31. The Morgan fingerprint density at radius 1 is 0.909 bits per heavy atom. The molecule has 166 valence electrons. The molecule has 0 unspecified atom stereocenters. The van der Waals surface area contributed by atoms with E-state index in [2.05, 4.69) is 39.6 Å². The molecule has 6 heteroatoms. The smallest absolute Gasteiger partial charge is 0.321 e. The second kappa shape index (κ2) is 9.28. The van der Waals surface area contributed by atoms with Crippen LogP contribution < -0.4 is 11.1 Å². The Balaban J connectivity index is 1.29. The van der Waals surface area contributed by atoms with Gasteiger partial charge in [0.2, 0.25) is 0 Å². The minimum absolute atomic E-state index is 0.0885. The molecule has 4 aromatic rings. The summed E-state index contributed by atoms with van der Waals surface area (Å²) in [7, 11) is 0. The van der Waals surface area contributed by atoms with Gasteiger partial charge in [0.15, 0.2) is 5.82 Å². The molecular weight excluding hydrogens is 410 g/mol. The molecule has 0 spiro atoms. The number of nitrogens with two attached hydrogens (primary N) is 1. The highest BCUT2D eigenvalue weighted by Gasteiger charge is 2.24. The number of piperidine rings is 1. The number of nitrogen functional groups attached to an aromatic ring is 1. The molecular formula is C27H27N5O. The molecule has 0 radical (unpaired) electrons. The lowest BCUT2D eigenvalue weighted by Crippen LogP contribution is -2.41. The number of likely N-dealkylation sites (tertiary alicyclic amines) is 1. The quantitative estimate of drug-likeness (QED) is 0.450. The van der Waals surface area contributed by atoms with Crippen LogP contribution in [0.2, 0.25) is 0 Å². The van der Waals surface area contributed by atoms with Crippen LogP contribution in [0.4, 0.5) is 16.3 Å². The molecule has 3 aromatic carbocycles. The second-order valence-electron chi connectivity index (χ2n) is 8.55. The van der Waals surface area contributed by atoms with Gasteiger partial charge in [-0.05, 0) is 55.0 Å². The summed E-state index contributed by atoms with van der Waals surface area (Å²) in [6.07, 6.45) is 3.09. The standard InChI is InChI=1S/C27H27N5O/c28-25-21-10-4-6-12-23(21)29-26(31-25)22-11-5-7-13-24(22)30-27(33)32-16-14-20(15-17-32)18-19-8-2-1-3-9-19/h1-13,20H,14-18H2,(H,30,33)(H2,28,29,31). The van der Waals surface area contributed by atoms with E-state index in [4.69, 9.17) is 5.73 Å². The van der Waals surface area contributed by atoms with Crippen molar-refractivity contribution in [1.82, 2.24) is 14.9 Å². The predicted octanol–water partition coefficient (Wildman–Crippen LogP) is 5.37. The zero-order valence-electron chi connectivity index (χ0n) is 18.4. The number of carbonyl (C=O) groups excluding carboxylic acids is 1. The number of rotatable bonds is 4. The first-order valence-electron chi connectivity index (χ1n) is 11.4. The Hall–Kier alpha value is -3.93. The van der Waals surface area contributed by atoms with E-state index in [1.165, 1.54) is 5.56 Å². The maximum absolute atomic E-state index is 13.0. The summed E-state index contributed by atoms with van der Waals surface area (Å²) in [5, 5.41) is 3.90. The highest BCUT2D eigenvalue weighted by molar-refractivity contribution is 5.95. The van der Waals surface area contributed by atoms with Crippen LogP contribution in [0.1, 0.15) is 18.4 Å². The molecule has 1 aliphatic heterocycles. The SMILES string of the molecule is Nc1nc(-c2ccccc2NC(=O)N2CCC(Cc3ccccc3)CC2)nc2ccccc12. The minimum Gasteiger partial charge on any atom is -0.383 e. The summed E-state index contributed by atoms with van der Waals surface area (Å²) < 4.78 is 0. The van der Waals surface area contributed by atoms with Gasteiger partial charge in [0.25, 0.3) is 0 Å². The molecule has 33 heavy (non-hydrogen) atoms. The normalized spacial score (nSPS) is 14.4. The van der Waals surface area contributed by atoms with Gasteiger partial charge in [-0.2, -0.15) is 0 Å². The first-order valence-corrected chi connectivity index (χ1v) is 11.4. The van der Waals surface area contributed by atoms with E-state index in [1.54, 1.807) is 0 Å². The monoisotopic (exact) mass is 437 g/mol. The number of hydrogen-bond acceptors (Lipinski definition) is 4. The van der Waals surface area contributed by atoms with Gasteiger partial charge in [-0.15, -0.1) is 0 Å². The number of anilines is 2. The predicted molar refractivity (Wildman–Crippen MR) is 133 cm³/mol. The molecule has 6 nitrogen and oxygen atoms in total. The first kappa shape index (κ1) is 20.9. The van der Waals surface area contributed by atoms with Crippen LogP contribution >= 0.6 is 0 Å². The van der Waals surface area contributed by atoms with Gasteiger partial charge >= 0.3 is 6.03 Å². The van der Waals surface area contributed by atoms with E-state index < -0.39 is 0 Å². The van der Waals surface area contributed by atoms with Gasteiger partial charge in [0.05, 0.1) is 11.2 Å². The molecule has 1 fully saturated rings. The summed E-state index contributed by atoms with van der Waals surface area (Å²) >= 11 is 0. The van der Waals surface area contributed by atoms with Crippen molar-refractivity contribution >= 4 is 28.4 Å². The summed E-state index contributed by atoms with van der Waals surface area (Å²) in [4.78, 5) is 24.1. The third-order valence-corrected chi connectivity index (χ3v) is 6.31. The van der Waals surface area contributed by atoms with Crippen molar-refractivity contribution in [2.45, 2.75) is 19.3 Å². The van der Waals surface area contributed by atoms with Crippen LogP contribution in [-0.2, 0) is 6.42 Å². The molecule has 1 aromatic heterocycles. The summed E-state index contributed by atoms with van der Waals surface area (Å²) in [5.74, 6) is 1.54. The molecule has 0 aliphatic carbocycles. The van der Waals surface area contributed by atoms with Gasteiger partial charge in [-0.25, -0.2) is 14.8 Å². The lowest BCUT2D eigenvalue weighted by Gasteiger charge is -2.32. The van der Waals surface area contributed by atoms with Crippen molar-refractivity contribution in [3.8, 4) is 11.4 Å². The number of hydrogen-bond donors (Lipinski definition) is 2. The van der Waals surface area contributed by atoms with Gasteiger partial charge < -0.3 is 16.0 Å². The molecule has 2 heterocycles. The van der Waals surface area contributed by atoms with Crippen LogP contribution in [0.3, 0.4) is 0 Å². The fourth-order valence-electron chi connectivity index (χ4n) is 4.49. The number of carbonyl (C=O) groups is 1. The topological polar surface area (TPSA) is 84.1 Å². The summed E-state index contributed by atoms with van der Waals surface area (Å²) in [5.41, 5.74) is 9.76. The Kier molecular flexibility index (Phi) is 5.89. The van der Waals surface area contributed by atoms with E-state index in [0.29, 0.717) is 23.2 Å². The first-order chi connectivity index (χ1) is 16.2. The van der Waals surface area contributed by atoms with Crippen LogP contribution in [-0.4, -0.2) is 34.0 Å². The Morgan fingerprint density at radius 3 is 2.42 bits per heavy atom. The number of para-hydroxylation sites is 2. The average Bonchev–Trinajstić information content (AvgIpc) is 2.85. The fraction of sp³-hybridized carbons (Fsp3) is 0.222. The van der Waals surface area contributed by atoms with Crippen LogP contribution in [0, 0.1) is 5.92 Å². The number of nitrogens with one attached hydrogen (secondary N) is 1. The Bertz CT molecular complexity index is 1270. The number of nitrogens with zero attached hydrogens (tertiary/aromatic N) is 3. The van der Waals surface area contributed by atoms with Crippen molar-refractivity contribution in [2.75, 3.05) is 24.1 Å². The lowest BCUT2D eigenvalue weighted by molar-refractivity contribution is 0.182. The second-order valence-corrected chi connectivity index (χ2v) is 8.55. The van der Waals surface area contributed by atoms with Crippen LogP contribution in [0.25, 0.3) is 22.3 Å². The van der Waals surface area contributed by atoms with Gasteiger partial charge in [-0.3, -0.25) is 0 Å². The maximum Gasteiger partial charge on any atom is 0.321 e. The minimum atomic E-state index is -0.0885. The van der Waals surface area contributed by atoms with E-state index in [-0.39, 0.29) is 6.03 Å². The molecule has 5 rings (SSSR count). The van der Waals surface area contributed by atoms with Gasteiger partial charge in [0, 0.05) is 24.0 Å². The largest absolute Gasteiger partial charge is 0.383 e. The molecule has 0 atom stereocenters. The highest BCUT2D eigenvalue weighted by Crippen LogP contribution is 2.29. The van der Waals surface area contributed by atoms with E-state index in [0.717, 1.165) is 48.8 Å². The van der Waals surface area contributed by atoms with Crippen molar-refractivity contribution < 1.29 is 4.79 Å². The molecule has 0 bridgehead atoms. The van der Waals surface area contributed by atoms with E-state index in [9.17, 15) is 4.79 Å². The molecule has 1 aliphatic rings. The summed E-state index contributed by atoms with van der Waals surface area (Å²) in [6, 6.07) is 25.7. The van der Waals surface area contributed by atoms with Crippen LogP contribution in [0.5, 0.6) is 0 Å². The fourth-order valence-corrected chi connectivity index (χ4v) is 4.49. The van der Waals surface area contributed by atoms with Crippen molar-refractivity contribution in [3.05, 3.63) is 84.4 Å². The lowest BCUT2D eigenvalue weighted by atomic mass is 9.90. The zero-order chi connectivity index (χ0) is 22.6. The molecule has 0 saturated carbocycles. The number of amides is 2. The maximum atomic E-state index is 13.0. The van der Waals surface area contributed by atoms with Crippen molar-refractivity contribution in [3.63, 3.8) is 0 Å². The van der Waals surface area contributed by atoms with E-state index >= 15 is 0 Å². The Labute approximate surface area is 193 Å². The van der Waals surface area contributed by atoms with Gasteiger partial charge in [-0.1, -0.05) is 54.6 Å². The van der Waals surface area contributed by atoms with E-state index in [1.807, 2.05) is 59.5 Å². The number of urea groups is 1. The summed E-state index contributed by atoms with van der Waals surface area (Å²) in [6.45, 7) is 1.51. The highest BCUT2D eigenvalue weighted by atomic mass is 16.2. The molecule has 2 amide bonds. The number of aromatic nitrogens is 2. The van der Waals surface area contributed by atoms with Crippen LogP contribution in [0.15, 0.2) is 78.9 Å². The zero-order valence-corrected chi connectivity index (χ0v) is 18.4. The molecule has 3 N–H and O–H groups in total. The van der Waals surface area contributed by atoms with Crippen molar-refractivity contribution in [2.24, 2.45) is 5.92 Å². The number of fused-ring (bicyclic) bond motifs is 1.